The lowest BCUT2D eigenvalue weighted by Crippen LogP contribution is -2.57. The Morgan fingerprint density at radius 3 is 2.29 bits per heavy atom. The van der Waals surface area contributed by atoms with Crippen LogP contribution < -0.4 is 32.7 Å². The van der Waals surface area contributed by atoms with Crippen LogP contribution in [-0.2, 0) is 27.2 Å². The molecule has 3 amide bonds. The summed E-state index contributed by atoms with van der Waals surface area (Å²) < 4.78 is 0. The molecule has 1 unspecified atom stereocenters. The number of rotatable bonds is 6. The van der Waals surface area contributed by atoms with Gasteiger partial charge in [0.25, 0.3) is 0 Å². The molecule has 0 saturated carbocycles. The fraction of sp³-hybridized carbons (Fsp3) is 0.500. The number of fused-ring (bicyclic) bond motifs is 5. The van der Waals surface area contributed by atoms with Gasteiger partial charge in [0.1, 0.15) is 23.6 Å². The predicted molar refractivity (Wildman–Crippen MR) is 156 cm³/mol. The molecule has 0 aromatic heterocycles. The molecule has 1 fully saturated rings. The molecule has 10 N–H and O–H groups in total. The molecule has 4 bridgehead atoms. The molecule has 2 aliphatic heterocycles. The topological polar surface area (TPSA) is 192 Å². The van der Waals surface area contributed by atoms with E-state index in [4.69, 9.17) is 11.5 Å². The van der Waals surface area contributed by atoms with Crippen molar-refractivity contribution in [1.82, 2.24) is 21.3 Å². The van der Waals surface area contributed by atoms with Crippen molar-refractivity contribution < 1.29 is 24.6 Å². The van der Waals surface area contributed by atoms with Crippen LogP contribution in [0, 0.1) is 0 Å². The summed E-state index contributed by atoms with van der Waals surface area (Å²) in [4.78, 5) is 40.0. The summed E-state index contributed by atoms with van der Waals surface area (Å²) >= 11 is 0. The molecule has 2 aliphatic rings. The van der Waals surface area contributed by atoms with E-state index in [1.807, 2.05) is 0 Å². The van der Waals surface area contributed by atoms with Gasteiger partial charge in [0.2, 0.25) is 17.7 Å². The van der Waals surface area contributed by atoms with Crippen molar-refractivity contribution in [2.45, 2.75) is 75.5 Å². The zero-order chi connectivity index (χ0) is 29.4. The van der Waals surface area contributed by atoms with Crippen LogP contribution in [0.5, 0.6) is 11.5 Å². The molecule has 11 heteroatoms. The maximum atomic E-state index is 13.5. The van der Waals surface area contributed by atoms with Crippen molar-refractivity contribution in [3.8, 4) is 22.6 Å². The molecule has 2 aromatic carbocycles. The number of hydrogen-bond donors (Lipinski definition) is 8. The van der Waals surface area contributed by atoms with E-state index in [1.54, 1.807) is 30.3 Å². The normalized spacial score (nSPS) is 23.8. The summed E-state index contributed by atoms with van der Waals surface area (Å²) in [6, 6.07) is 7.17. The minimum Gasteiger partial charge on any atom is -0.508 e. The third-order valence-corrected chi connectivity index (χ3v) is 7.84. The first kappa shape index (κ1) is 30.3. The summed E-state index contributed by atoms with van der Waals surface area (Å²) in [7, 11) is 0. The van der Waals surface area contributed by atoms with E-state index in [-0.39, 0.29) is 42.7 Å². The first-order valence-corrected chi connectivity index (χ1v) is 14.5. The first-order valence-electron chi connectivity index (χ1n) is 14.5. The number of aromatic hydroxyl groups is 2. The smallest absolute Gasteiger partial charge is 0.243 e. The molecule has 4 atom stereocenters. The molecule has 1 saturated heterocycles. The third-order valence-electron chi connectivity index (χ3n) is 7.84. The highest BCUT2D eigenvalue weighted by Gasteiger charge is 2.30. The Bertz CT molecular complexity index is 1230. The Labute approximate surface area is 240 Å². The minimum atomic E-state index is -1.03. The van der Waals surface area contributed by atoms with Crippen molar-refractivity contribution in [3.63, 3.8) is 0 Å². The van der Waals surface area contributed by atoms with Crippen LogP contribution in [0.25, 0.3) is 11.1 Å². The molecule has 0 aliphatic carbocycles. The summed E-state index contributed by atoms with van der Waals surface area (Å²) in [6.45, 7) is 1.62. The predicted octanol–water partition coefficient (Wildman–Crippen LogP) is 0.548. The van der Waals surface area contributed by atoms with Gasteiger partial charge < -0.3 is 42.9 Å². The second kappa shape index (κ2) is 14.3. The Hall–Kier alpha value is -3.67. The summed E-state index contributed by atoms with van der Waals surface area (Å²) in [5, 5.41) is 33.1. The number of nitrogens with one attached hydrogen (secondary N) is 4. The van der Waals surface area contributed by atoms with Gasteiger partial charge in [-0.25, -0.2) is 0 Å². The molecule has 11 nitrogen and oxygen atoms in total. The fourth-order valence-electron chi connectivity index (χ4n) is 5.38. The molecule has 2 heterocycles. The average Bonchev–Trinajstić information content (AvgIpc) is 3.24. The molecule has 2 aromatic rings. The highest BCUT2D eigenvalue weighted by atomic mass is 16.3. The number of nitrogens with two attached hydrogens (primary N) is 2. The fourth-order valence-corrected chi connectivity index (χ4v) is 5.38. The Morgan fingerprint density at radius 1 is 0.927 bits per heavy atom. The first-order chi connectivity index (χ1) is 19.7. The minimum absolute atomic E-state index is 0.00219. The van der Waals surface area contributed by atoms with Gasteiger partial charge in [-0.3, -0.25) is 14.4 Å². The van der Waals surface area contributed by atoms with Crippen LogP contribution in [0.3, 0.4) is 0 Å². The summed E-state index contributed by atoms with van der Waals surface area (Å²) in [6.07, 6.45) is 5.06. The lowest BCUT2D eigenvalue weighted by Gasteiger charge is -2.25. The van der Waals surface area contributed by atoms with Crippen molar-refractivity contribution in [2.24, 2.45) is 11.5 Å². The van der Waals surface area contributed by atoms with Gasteiger partial charge in [0.05, 0.1) is 6.04 Å². The van der Waals surface area contributed by atoms with E-state index in [0.29, 0.717) is 30.6 Å². The second-order valence-electron chi connectivity index (χ2n) is 11.0. The van der Waals surface area contributed by atoms with Crippen molar-refractivity contribution in [1.29, 1.82) is 0 Å². The van der Waals surface area contributed by atoms with Crippen LogP contribution in [0.1, 0.15) is 49.7 Å². The summed E-state index contributed by atoms with van der Waals surface area (Å²) in [5.74, 6) is -1.49. The molecule has 0 radical (unpaired) electrons. The average molecular weight is 567 g/mol. The van der Waals surface area contributed by atoms with Gasteiger partial charge in [-0.2, -0.15) is 0 Å². The van der Waals surface area contributed by atoms with E-state index in [9.17, 15) is 24.6 Å². The Kier molecular flexibility index (Phi) is 10.6. The van der Waals surface area contributed by atoms with E-state index >= 15 is 0 Å². The largest absolute Gasteiger partial charge is 0.508 e. The Morgan fingerprint density at radius 2 is 1.61 bits per heavy atom. The lowest BCUT2D eigenvalue weighted by molar-refractivity contribution is -0.132. The van der Waals surface area contributed by atoms with Crippen molar-refractivity contribution >= 4 is 17.7 Å². The molecule has 222 valence electrons. The molecule has 0 spiro atoms. The van der Waals surface area contributed by atoms with Crippen LogP contribution in [0.4, 0.5) is 0 Å². The quantitative estimate of drug-likeness (QED) is 0.248. The summed E-state index contributed by atoms with van der Waals surface area (Å²) in [5.41, 5.74) is 14.3. The lowest BCUT2D eigenvalue weighted by atomic mass is 9.95. The van der Waals surface area contributed by atoms with Crippen molar-refractivity contribution in [3.05, 3.63) is 47.5 Å². The highest BCUT2D eigenvalue weighted by molar-refractivity contribution is 5.93. The van der Waals surface area contributed by atoms with E-state index < -0.39 is 29.9 Å². The van der Waals surface area contributed by atoms with Gasteiger partial charge in [0, 0.05) is 25.4 Å². The van der Waals surface area contributed by atoms with Gasteiger partial charge in [-0.1, -0.05) is 25.0 Å². The highest BCUT2D eigenvalue weighted by Crippen LogP contribution is 2.31. The molecular formula is C30H42N6O5. The van der Waals surface area contributed by atoms with Crippen LogP contribution in [0.2, 0.25) is 0 Å². The zero-order valence-corrected chi connectivity index (χ0v) is 23.3. The third kappa shape index (κ3) is 8.18. The van der Waals surface area contributed by atoms with E-state index in [0.717, 1.165) is 43.4 Å². The SMILES string of the molecule is NCCC[C@@H]1NC(=O)[C@@H](N)Cc2cc(ccc2O)-c2ccc(O)c(c2)C[C@@H](C(=O)NCC2CCCCCN2)NC1=O. The van der Waals surface area contributed by atoms with Crippen LogP contribution in [-0.4, -0.2) is 71.7 Å². The van der Waals surface area contributed by atoms with Gasteiger partial charge in [-0.05, 0) is 85.3 Å². The number of phenols is 2. The van der Waals surface area contributed by atoms with Gasteiger partial charge in [0.15, 0.2) is 0 Å². The van der Waals surface area contributed by atoms with Crippen LogP contribution in [0.15, 0.2) is 36.4 Å². The van der Waals surface area contributed by atoms with Gasteiger partial charge >= 0.3 is 0 Å². The maximum Gasteiger partial charge on any atom is 0.243 e. The number of phenolic OH excluding ortho intramolecular Hbond substituents is 2. The Balaban J connectivity index is 1.68. The number of amides is 3. The molecule has 41 heavy (non-hydrogen) atoms. The number of benzene rings is 2. The van der Waals surface area contributed by atoms with Crippen LogP contribution >= 0.6 is 0 Å². The number of carbonyl (C=O) groups is 3. The number of carbonyl (C=O) groups excluding carboxylic acids is 3. The monoisotopic (exact) mass is 566 g/mol. The zero-order valence-electron chi connectivity index (χ0n) is 23.3. The molecular weight excluding hydrogens is 524 g/mol. The van der Waals surface area contributed by atoms with Gasteiger partial charge in [-0.15, -0.1) is 0 Å². The molecule has 4 rings (SSSR count). The van der Waals surface area contributed by atoms with Crippen molar-refractivity contribution in [2.75, 3.05) is 19.6 Å². The van der Waals surface area contributed by atoms with E-state index in [1.165, 1.54) is 6.07 Å². The number of hydrogen-bond acceptors (Lipinski definition) is 8. The van der Waals surface area contributed by atoms with E-state index in [2.05, 4.69) is 21.3 Å². The maximum absolute atomic E-state index is 13.5. The standard InChI is InChI=1S/C30H42N6O5/c31-11-4-6-24-30(41)36-25(29(40)34-17-22-5-2-1-3-12-33-22)16-21-14-19(8-10-27(21)38)18-7-9-26(37)20(13-18)15-23(32)28(39)35-24/h7-10,13-14,22-25,33,37-38H,1-6,11-12,15-17,31-32H2,(H,34,40)(H,35,39)(H,36,41)/t22?,23-,24-,25-/m0/s1. The second-order valence-corrected chi connectivity index (χ2v) is 11.0.